The summed E-state index contributed by atoms with van der Waals surface area (Å²) in [6.45, 7) is 6.58. The van der Waals surface area contributed by atoms with E-state index in [0.29, 0.717) is 30.9 Å². The van der Waals surface area contributed by atoms with Crippen molar-refractivity contribution in [1.82, 2.24) is 20.5 Å². The summed E-state index contributed by atoms with van der Waals surface area (Å²) < 4.78 is 5.63. The Bertz CT molecular complexity index is 511. The van der Waals surface area contributed by atoms with Crippen LogP contribution in [0.15, 0.2) is 28.9 Å². The van der Waals surface area contributed by atoms with Crippen molar-refractivity contribution in [3.63, 3.8) is 0 Å². The Morgan fingerprint density at radius 3 is 2.70 bits per heavy atom. The number of pyridine rings is 1. The molecule has 2 rings (SSSR count). The maximum absolute atomic E-state index is 5.63. The molecule has 2 aromatic heterocycles. The van der Waals surface area contributed by atoms with Gasteiger partial charge in [0.05, 0.1) is 6.54 Å². The molecule has 2 aromatic rings. The van der Waals surface area contributed by atoms with Gasteiger partial charge in [-0.3, -0.25) is 4.98 Å². The first kappa shape index (κ1) is 14.5. The molecule has 1 N–H and O–H groups in total. The highest BCUT2D eigenvalue weighted by Gasteiger charge is 2.11. The smallest absolute Gasteiger partial charge is 0.318 e. The zero-order valence-electron chi connectivity index (χ0n) is 12.2. The lowest BCUT2D eigenvalue weighted by Crippen LogP contribution is -2.19. The summed E-state index contributed by atoms with van der Waals surface area (Å²) >= 11 is 0. The van der Waals surface area contributed by atoms with Crippen LogP contribution in [0.3, 0.4) is 0 Å². The number of nitrogens with zero attached hydrogens (tertiary/aromatic N) is 4. The van der Waals surface area contributed by atoms with Crippen molar-refractivity contribution in [2.45, 2.75) is 26.9 Å². The van der Waals surface area contributed by atoms with Crippen LogP contribution >= 0.6 is 0 Å². The number of nitrogens with one attached hydrogen (secondary N) is 1. The molecule has 0 aliphatic rings. The molecule has 6 heteroatoms. The molecular formula is C14H21N5O. The Kier molecular flexibility index (Phi) is 5.06. The molecule has 0 amide bonds. The standard InChI is InChI=1S/C14H21N5O/c1-11(2)8-16-9-13-17-18-14(20-13)19(3)10-12-4-6-15-7-5-12/h4-7,11,16H,8-10H2,1-3H3. The van der Waals surface area contributed by atoms with Crippen molar-refractivity contribution >= 4 is 6.01 Å². The third-order valence-corrected chi connectivity index (χ3v) is 2.78. The molecule has 0 unspecified atom stereocenters. The lowest BCUT2D eigenvalue weighted by molar-refractivity contribution is 0.450. The molecule has 108 valence electrons. The molecule has 2 heterocycles. The Hall–Kier alpha value is -1.95. The number of aromatic nitrogens is 3. The fourth-order valence-corrected chi connectivity index (χ4v) is 1.77. The maximum atomic E-state index is 5.63. The quantitative estimate of drug-likeness (QED) is 0.831. The van der Waals surface area contributed by atoms with Crippen LogP contribution < -0.4 is 10.2 Å². The molecule has 0 bridgehead atoms. The maximum Gasteiger partial charge on any atom is 0.318 e. The molecule has 0 fully saturated rings. The summed E-state index contributed by atoms with van der Waals surface area (Å²) in [5.74, 6) is 1.22. The third-order valence-electron chi connectivity index (χ3n) is 2.78. The molecule has 0 aliphatic carbocycles. The fraction of sp³-hybridized carbons (Fsp3) is 0.500. The van der Waals surface area contributed by atoms with Crippen molar-refractivity contribution in [2.24, 2.45) is 5.92 Å². The Labute approximate surface area is 119 Å². The van der Waals surface area contributed by atoms with E-state index < -0.39 is 0 Å². The number of anilines is 1. The minimum absolute atomic E-state index is 0.531. The normalized spacial score (nSPS) is 11.0. The van der Waals surface area contributed by atoms with E-state index in [-0.39, 0.29) is 0 Å². The minimum Gasteiger partial charge on any atom is -0.407 e. The highest BCUT2D eigenvalue weighted by molar-refractivity contribution is 5.25. The average Bonchev–Trinajstić information content (AvgIpc) is 2.88. The Balaban J connectivity index is 1.88. The second kappa shape index (κ2) is 7.00. The highest BCUT2D eigenvalue weighted by atomic mass is 16.4. The van der Waals surface area contributed by atoms with E-state index in [1.807, 2.05) is 24.1 Å². The molecule has 0 aliphatic heterocycles. The molecule has 0 spiro atoms. The monoisotopic (exact) mass is 275 g/mol. The molecule has 0 atom stereocenters. The SMILES string of the molecule is CC(C)CNCc1nnc(N(C)Cc2ccncc2)o1. The van der Waals surface area contributed by atoms with Gasteiger partial charge in [-0.2, -0.15) is 0 Å². The molecule has 20 heavy (non-hydrogen) atoms. The van der Waals surface area contributed by atoms with Crippen LogP contribution in [-0.2, 0) is 13.1 Å². The molecule has 0 saturated carbocycles. The summed E-state index contributed by atoms with van der Waals surface area (Å²) in [5.41, 5.74) is 1.15. The van der Waals surface area contributed by atoms with Crippen molar-refractivity contribution in [3.8, 4) is 0 Å². The van der Waals surface area contributed by atoms with E-state index in [0.717, 1.165) is 12.1 Å². The summed E-state index contributed by atoms with van der Waals surface area (Å²) in [4.78, 5) is 5.92. The van der Waals surface area contributed by atoms with Gasteiger partial charge in [0.25, 0.3) is 0 Å². The van der Waals surface area contributed by atoms with Gasteiger partial charge in [-0.05, 0) is 30.2 Å². The van der Waals surface area contributed by atoms with E-state index in [9.17, 15) is 0 Å². The Morgan fingerprint density at radius 1 is 1.25 bits per heavy atom. The number of hydrogen-bond donors (Lipinski definition) is 1. The van der Waals surface area contributed by atoms with Crippen molar-refractivity contribution in [2.75, 3.05) is 18.5 Å². The predicted molar refractivity (Wildman–Crippen MR) is 77.2 cm³/mol. The van der Waals surface area contributed by atoms with Crippen LogP contribution in [0.2, 0.25) is 0 Å². The first-order chi connectivity index (χ1) is 9.65. The molecule has 0 aromatic carbocycles. The minimum atomic E-state index is 0.531. The van der Waals surface area contributed by atoms with Gasteiger partial charge in [0, 0.05) is 26.0 Å². The molecule has 6 nitrogen and oxygen atoms in total. The number of hydrogen-bond acceptors (Lipinski definition) is 6. The van der Waals surface area contributed by atoms with E-state index in [4.69, 9.17) is 4.42 Å². The second-order valence-corrected chi connectivity index (χ2v) is 5.21. The van der Waals surface area contributed by atoms with Gasteiger partial charge in [0.2, 0.25) is 5.89 Å². The van der Waals surface area contributed by atoms with Crippen molar-refractivity contribution in [1.29, 1.82) is 0 Å². The van der Waals surface area contributed by atoms with E-state index in [2.05, 4.69) is 34.3 Å². The van der Waals surface area contributed by atoms with Crippen LogP contribution in [-0.4, -0.2) is 28.8 Å². The lowest BCUT2D eigenvalue weighted by Gasteiger charge is -2.13. The van der Waals surface area contributed by atoms with Gasteiger partial charge in [0.15, 0.2) is 0 Å². The van der Waals surface area contributed by atoms with Crippen LogP contribution in [0.1, 0.15) is 25.3 Å². The van der Waals surface area contributed by atoms with E-state index >= 15 is 0 Å². The van der Waals surface area contributed by atoms with Crippen LogP contribution in [0.25, 0.3) is 0 Å². The van der Waals surface area contributed by atoms with Crippen molar-refractivity contribution in [3.05, 3.63) is 36.0 Å². The van der Waals surface area contributed by atoms with Gasteiger partial charge in [-0.25, -0.2) is 0 Å². The average molecular weight is 275 g/mol. The van der Waals surface area contributed by atoms with Crippen LogP contribution in [0.4, 0.5) is 6.01 Å². The van der Waals surface area contributed by atoms with Crippen LogP contribution in [0, 0.1) is 5.92 Å². The van der Waals surface area contributed by atoms with Gasteiger partial charge in [-0.1, -0.05) is 18.9 Å². The largest absolute Gasteiger partial charge is 0.407 e. The molecular weight excluding hydrogens is 254 g/mol. The highest BCUT2D eigenvalue weighted by Crippen LogP contribution is 2.13. The van der Waals surface area contributed by atoms with Gasteiger partial charge < -0.3 is 14.6 Å². The summed E-state index contributed by atoms with van der Waals surface area (Å²) in [6, 6.07) is 4.47. The fourth-order valence-electron chi connectivity index (χ4n) is 1.77. The first-order valence-corrected chi connectivity index (χ1v) is 6.78. The van der Waals surface area contributed by atoms with Crippen LogP contribution in [0.5, 0.6) is 0 Å². The topological polar surface area (TPSA) is 67.1 Å². The van der Waals surface area contributed by atoms with Gasteiger partial charge in [-0.15, -0.1) is 5.10 Å². The summed E-state index contributed by atoms with van der Waals surface area (Å²) in [5, 5.41) is 11.4. The lowest BCUT2D eigenvalue weighted by atomic mass is 10.2. The third kappa shape index (κ3) is 4.31. The Morgan fingerprint density at radius 2 is 2.00 bits per heavy atom. The second-order valence-electron chi connectivity index (χ2n) is 5.21. The predicted octanol–water partition coefficient (Wildman–Crippen LogP) is 1.85. The van der Waals surface area contributed by atoms with E-state index in [1.54, 1.807) is 12.4 Å². The number of rotatable bonds is 7. The molecule has 0 radical (unpaired) electrons. The van der Waals surface area contributed by atoms with Crippen molar-refractivity contribution < 1.29 is 4.42 Å². The molecule has 0 saturated heterocycles. The first-order valence-electron chi connectivity index (χ1n) is 6.78. The van der Waals surface area contributed by atoms with Gasteiger partial charge >= 0.3 is 6.01 Å². The summed E-state index contributed by atoms with van der Waals surface area (Å²) in [6.07, 6.45) is 3.55. The van der Waals surface area contributed by atoms with Gasteiger partial charge in [0.1, 0.15) is 0 Å². The summed E-state index contributed by atoms with van der Waals surface area (Å²) in [7, 11) is 1.93. The zero-order valence-corrected chi connectivity index (χ0v) is 12.2. The zero-order chi connectivity index (χ0) is 14.4. The van der Waals surface area contributed by atoms with E-state index in [1.165, 1.54) is 0 Å².